The Morgan fingerprint density at radius 2 is 2.06 bits per heavy atom. The molecule has 17 heavy (non-hydrogen) atoms. The van der Waals surface area contributed by atoms with E-state index < -0.39 is 0 Å². The van der Waals surface area contributed by atoms with Gasteiger partial charge in [0.25, 0.3) is 5.56 Å². The zero-order valence-electron chi connectivity index (χ0n) is 9.74. The molecule has 0 radical (unpaired) electrons. The van der Waals surface area contributed by atoms with E-state index in [1.807, 2.05) is 29.5 Å². The lowest BCUT2D eigenvalue weighted by Gasteiger charge is -2.46. The molecule has 1 aromatic rings. The van der Waals surface area contributed by atoms with E-state index in [1.165, 1.54) is 0 Å². The molecule has 3 aliphatic heterocycles. The summed E-state index contributed by atoms with van der Waals surface area (Å²) in [7, 11) is 0. The van der Waals surface area contributed by atoms with Gasteiger partial charge < -0.3 is 4.98 Å². The summed E-state index contributed by atoms with van der Waals surface area (Å²) in [6.45, 7) is 7.34. The monoisotopic (exact) mass is 346 g/mol. The highest BCUT2D eigenvalue weighted by Crippen LogP contribution is 2.26. The maximum atomic E-state index is 11.8. The van der Waals surface area contributed by atoms with Crippen LogP contribution in [-0.2, 0) is 0 Å². The molecule has 0 saturated carbocycles. The van der Waals surface area contributed by atoms with E-state index in [9.17, 15) is 4.79 Å². The van der Waals surface area contributed by atoms with E-state index in [2.05, 4.69) is 19.8 Å². The van der Waals surface area contributed by atoms with Crippen molar-refractivity contribution in [1.29, 1.82) is 0 Å². The van der Waals surface area contributed by atoms with Gasteiger partial charge in [-0.2, -0.15) is 0 Å². The highest BCUT2D eigenvalue weighted by Gasteiger charge is 2.34. The summed E-state index contributed by atoms with van der Waals surface area (Å²) in [6.07, 6.45) is 0. The molecule has 4 heterocycles. The predicted octanol–water partition coefficient (Wildman–Crippen LogP) is 0.355. The lowest BCUT2D eigenvalue weighted by atomic mass is 10.1. The maximum Gasteiger partial charge on any atom is 0.264 e. The Hall–Kier alpha value is -0.470. The Balaban J connectivity index is 1.97. The number of aromatic nitrogens is 2. The Morgan fingerprint density at radius 1 is 1.35 bits per heavy atom. The minimum absolute atomic E-state index is 0.00857. The second-order valence-electron chi connectivity index (χ2n) is 4.70. The summed E-state index contributed by atoms with van der Waals surface area (Å²) >= 11 is 2.05. The zero-order valence-corrected chi connectivity index (χ0v) is 11.9. The number of fused-ring (bicyclic) bond motifs is 3. The van der Waals surface area contributed by atoms with Crippen LogP contribution >= 0.6 is 22.6 Å². The molecular formula is C11H15IN4O. The smallest absolute Gasteiger partial charge is 0.264 e. The minimum atomic E-state index is -0.00857. The number of H-pyrrole nitrogens is 1. The first-order valence-corrected chi connectivity index (χ1v) is 6.96. The highest BCUT2D eigenvalue weighted by atomic mass is 127. The van der Waals surface area contributed by atoms with Crippen LogP contribution in [0.2, 0.25) is 0 Å². The van der Waals surface area contributed by atoms with Crippen LogP contribution in [0.4, 0.5) is 0 Å². The molecule has 1 aromatic heterocycles. The van der Waals surface area contributed by atoms with Crippen molar-refractivity contribution in [2.75, 3.05) is 32.7 Å². The van der Waals surface area contributed by atoms with Gasteiger partial charge in [0, 0.05) is 32.7 Å². The number of hydrogen-bond donors (Lipinski definition) is 1. The Bertz CT molecular complexity index is 493. The number of rotatable bonds is 1. The van der Waals surface area contributed by atoms with Gasteiger partial charge in [-0.05, 0) is 29.5 Å². The molecule has 4 rings (SSSR count). The van der Waals surface area contributed by atoms with E-state index in [4.69, 9.17) is 0 Å². The number of nitrogens with zero attached hydrogens (tertiary/aromatic N) is 3. The maximum absolute atomic E-state index is 11.8. The fraction of sp³-hybridized carbons (Fsp3) is 0.636. The fourth-order valence-electron chi connectivity index (χ4n) is 2.63. The first kappa shape index (κ1) is 11.6. The third kappa shape index (κ3) is 2.02. The van der Waals surface area contributed by atoms with Crippen LogP contribution in [0.3, 0.4) is 0 Å². The molecular weight excluding hydrogens is 331 g/mol. The summed E-state index contributed by atoms with van der Waals surface area (Å²) in [5, 5.41) is 0. The quantitative estimate of drug-likeness (QED) is 0.746. The van der Waals surface area contributed by atoms with Gasteiger partial charge in [0.05, 0.1) is 15.3 Å². The zero-order chi connectivity index (χ0) is 12.0. The largest absolute Gasteiger partial charge is 0.308 e. The van der Waals surface area contributed by atoms with Crippen molar-refractivity contribution in [3.05, 3.63) is 25.4 Å². The molecule has 0 amide bonds. The van der Waals surface area contributed by atoms with Crippen molar-refractivity contribution in [1.82, 2.24) is 19.8 Å². The molecule has 3 saturated heterocycles. The van der Waals surface area contributed by atoms with E-state index in [-0.39, 0.29) is 11.6 Å². The Morgan fingerprint density at radius 3 is 2.59 bits per heavy atom. The SMILES string of the molecule is Cc1nc(C2CN3CCN2CC3)[nH]c(=O)c1I. The molecule has 5 nitrogen and oxygen atoms in total. The fourth-order valence-corrected chi connectivity index (χ4v) is 2.88. The van der Waals surface area contributed by atoms with Crippen molar-refractivity contribution >= 4 is 22.6 Å². The molecule has 2 bridgehead atoms. The number of hydrogen-bond acceptors (Lipinski definition) is 4. The third-order valence-electron chi connectivity index (χ3n) is 3.64. The predicted molar refractivity (Wildman–Crippen MR) is 73.1 cm³/mol. The first-order valence-electron chi connectivity index (χ1n) is 5.88. The summed E-state index contributed by atoms with van der Waals surface area (Å²) < 4.78 is 0.697. The van der Waals surface area contributed by atoms with E-state index >= 15 is 0 Å². The van der Waals surface area contributed by atoms with Crippen LogP contribution in [0, 0.1) is 10.5 Å². The number of halogens is 1. The van der Waals surface area contributed by atoms with E-state index in [0.717, 1.165) is 44.2 Å². The molecule has 0 aliphatic carbocycles. The molecule has 3 fully saturated rings. The summed E-state index contributed by atoms with van der Waals surface area (Å²) in [5.41, 5.74) is 0.827. The van der Waals surface area contributed by atoms with Crippen LogP contribution < -0.4 is 5.56 Å². The van der Waals surface area contributed by atoms with Gasteiger partial charge in [-0.1, -0.05) is 0 Å². The van der Waals surface area contributed by atoms with Crippen LogP contribution in [-0.4, -0.2) is 52.5 Å². The summed E-state index contributed by atoms with van der Waals surface area (Å²) in [4.78, 5) is 24.1. The van der Waals surface area contributed by atoms with Crippen molar-refractivity contribution in [2.45, 2.75) is 13.0 Å². The molecule has 92 valence electrons. The van der Waals surface area contributed by atoms with Crippen molar-refractivity contribution in [3.8, 4) is 0 Å². The van der Waals surface area contributed by atoms with Gasteiger partial charge in [0.15, 0.2) is 0 Å². The van der Waals surface area contributed by atoms with Gasteiger partial charge in [0.1, 0.15) is 5.82 Å². The number of nitrogens with one attached hydrogen (secondary N) is 1. The van der Waals surface area contributed by atoms with Crippen LogP contribution in [0.15, 0.2) is 4.79 Å². The molecule has 1 atom stereocenters. The lowest BCUT2D eigenvalue weighted by molar-refractivity contribution is 0.00846. The van der Waals surface area contributed by atoms with Crippen LogP contribution in [0.1, 0.15) is 17.6 Å². The second-order valence-corrected chi connectivity index (χ2v) is 5.78. The topological polar surface area (TPSA) is 52.2 Å². The third-order valence-corrected chi connectivity index (χ3v) is 4.91. The van der Waals surface area contributed by atoms with Gasteiger partial charge >= 0.3 is 0 Å². The van der Waals surface area contributed by atoms with Crippen molar-refractivity contribution in [3.63, 3.8) is 0 Å². The number of aryl methyl sites for hydroxylation is 1. The number of aromatic amines is 1. The molecule has 6 heteroatoms. The van der Waals surface area contributed by atoms with Gasteiger partial charge in [0.2, 0.25) is 0 Å². The highest BCUT2D eigenvalue weighted by molar-refractivity contribution is 14.1. The second kappa shape index (κ2) is 4.33. The van der Waals surface area contributed by atoms with Crippen molar-refractivity contribution in [2.24, 2.45) is 0 Å². The average Bonchev–Trinajstić information content (AvgIpc) is 2.36. The van der Waals surface area contributed by atoms with Crippen LogP contribution in [0.25, 0.3) is 0 Å². The first-order chi connectivity index (χ1) is 8.15. The average molecular weight is 346 g/mol. The van der Waals surface area contributed by atoms with E-state index in [0.29, 0.717) is 3.57 Å². The van der Waals surface area contributed by atoms with Crippen LogP contribution in [0.5, 0.6) is 0 Å². The number of piperazine rings is 3. The Kier molecular flexibility index (Phi) is 2.95. The summed E-state index contributed by atoms with van der Waals surface area (Å²) in [6, 6.07) is 0.265. The van der Waals surface area contributed by atoms with Gasteiger partial charge in [-0.3, -0.25) is 14.6 Å². The van der Waals surface area contributed by atoms with E-state index in [1.54, 1.807) is 0 Å². The lowest BCUT2D eigenvalue weighted by Crippen LogP contribution is -2.57. The van der Waals surface area contributed by atoms with Gasteiger partial charge in [-0.25, -0.2) is 4.98 Å². The van der Waals surface area contributed by atoms with Gasteiger partial charge in [-0.15, -0.1) is 0 Å². The summed E-state index contributed by atoms with van der Waals surface area (Å²) in [5.74, 6) is 0.831. The minimum Gasteiger partial charge on any atom is -0.308 e. The molecule has 3 aliphatic rings. The van der Waals surface area contributed by atoms with Crippen molar-refractivity contribution < 1.29 is 0 Å². The standard InChI is InChI=1S/C11H15IN4O/c1-7-9(12)11(17)14-10(13-7)8-6-15-2-4-16(8)5-3-15/h8H,2-6H2,1H3,(H,13,14,17). The molecule has 0 spiro atoms. The molecule has 1 N–H and O–H groups in total. The normalized spacial score (nSPS) is 31.8. The Labute approximate surface area is 113 Å². The molecule has 0 aromatic carbocycles. The molecule has 1 unspecified atom stereocenters.